The number of nitrogens with one attached hydrogen (secondary N) is 2. The molecule has 0 saturated carbocycles. The number of nitrogens with zero attached hydrogens (tertiary/aromatic N) is 2. The van der Waals surface area contributed by atoms with Crippen molar-refractivity contribution >= 4 is 32.6 Å². The average Bonchev–Trinajstić information content (AvgIpc) is 2.95. The number of anilines is 1. The molecule has 0 spiro atoms. The number of hydrogen-bond acceptors (Lipinski definition) is 6. The molecule has 2 heterocycles. The summed E-state index contributed by atoms with van der Waals surface area (Å²) in [4.78, 5) is 20.2. The summed E-state index contributed by atoms with van der Waals surface area (Å²) in [7, 11) is 1.57. The number of carbonyl (C=O) groups excluding carboxylic acids is 1. The SMILES string of the molecule is CNC(=O)c1cc(Oc2ccc3nc(NC(C)C)sc3c2)ccn1. The third-order valence-corrected chi connectivity index (χ3v) is 4.15. The Labute approximate surface area is 143 Å². The molecule has 1 aromatic carbocycles. The van der Waals surface area contributed by atoms with E-state index in [2.05, 4.69) is 34.4 Å². The number of thiazole rings is 1. The van der Waals surface area contributed by atoms with Gasteiger partial charge in [-0.05, 0) is 32.0 Å². The van der Waals surface area contributed by atoms with Crippen LogP contribution in [0, 0.1) is 0 Å². The molecule has 0 aliphatic rings. The summed E-state index contributed by atoms with van der Waals surface area (Å²) in [5.41, 5.74) is 1.24. The first-order valence-electron chi connectivity index (χ1n) is 7.58. The highest BCUT2D eigenvalue weighted by atomic mass is 32.1. The second kappa shape index (κ2) is 6.84. The van der Waals surface area contributed by atoms with Gasteiger partial charge in [0.2, 0.25) is 0 Å². The predicted octanol–water partition coefficient (Wildman–Crippen LogP) is 3.66. The molecule has 0 aliphatic carbocycles. The molecule has 0 bridgehead atoms. The molecule has 0 unspecified atom stereocenters. The summed E-state index contributed by atoms with van der Waals surface area (Å²) in [6, 6.07) is 9.39. The summed E-state index contributed by atoms with van der Waals surface area (Å²) >= 11 is 1.58. The van der Waals surface area contributed by atoms with Gasteiger partial charge >= 0.3 is 0 Å². The fraction of sp³-hybridized carbons (Fsp3) is 0.235. The number of amides is 1. The van der Waals surface area contributed by atoms with E-state index in [1.807, 2.05) is 18.2 Å². The zero-order chi connectivity index (χ0) is 17.1. The van der Waals surface area contributed by atoms with Gasteiger partial charge in [-0.3, -0.25) is 9.78 Å². The first-order valence-corrected chi connectivity index (χ1v) is 8.40. The van der Waals surface area contributed by atoms with E-state index in [0.29, 0.717) is 23.2 Å². The van der Waals surface area contributed by atoms with Crippen LogP contribution < -0.4 is 15.4 Å². The number of rotatable bonds is 5. The van der Waals surface area contributed by atoms with Crippen LogP contribution in [-0.2, 0) is 0 Å². The van der Waals surface area contributed by atoms with Gasteiger partial charge in [-0.2, -0.15) is 0 Å². The highest BCUT2D eigenvalue weighted by Crippen LogP contribution is 2.31. The third kappa shape index (κ3) is 3.62. The Hall–Kier alpha value is -2.67. The van der Waals surface area contributed by atoms with Gasteiger partial charge in [-0.1, -0.05) is 11.3 Å². The average molecular weight is 342 g/mol. The van der Waals surface area contributed by atoms with E-state index < -0.39 is 0 Å². The summed E-state index contributed by atoms with van der Waals surface area (Å²) < 4.78 is 6.89. The van der Waals surface area contributed by atoms with Gasteiger partial charge in [0, 0.05) is 31.4 Å². The maximum atomic E-state index is 11.6. The van der Waals surface area contributed by atoms with Crippen LogP contribution in [-0.4, -0.2) is 29.0 Å². The van der Waals surface area contributed by atoms with Crippen molar-refractivity contribution in [2.45, 2.75) is 19.9 Å². The minimum atomic E-state index is -0.247. The lowest BCUT2D eigenvalue weighted by Crippen LogP contribution is -2.18. The first kappa shape index (κ1) is 16.2. The highest BCUT2D eigenvalue weighted by molar-refractivity contribution is 7.22. The van der Waals surface area contributed by atoms with Crippen LogP contribution in [0.5, 0.6) is 11.5 Å². The minimum absolute atomic E-state index is 0.247. The van der Waals surface area contributed by atoms with E-state index in [-0.39, 0.29) is 5.91 Å². The van der Waals surface area contributed by atoms with Gasteiger partial charge in [0.15, 0.2) is 5.13 Å². The normalized spacial score (nSPS) is 10.8. The first-order chi connectivity index (χ1) is 11.5. The van der Waals surface area contributed by atoms with Gasteiger partial charge in [0.1, 0.15) is 17.2 Å². The maximum Gasteiger partial charge on any atom is 0.269 e. The second-order valence-electron chi connectivity index (χ2n) is 5.51. The predicted molar refractivity (Wildman–Crippen MR) is 96.1 cm³/mol. The summed E-state index contributed by atoms with van der Waals surface area (Å²) in [5, 5.41) is 6.74. The molecule has 0 saturated heterocycles. The van der Waals surface area contributed by atoms with E-state index in [1.54, 1.807) is 36.7 Å². The van der Waals surface area contributed by atoms with Crippen molar-refractivity contribution in [3.05, 3.63) is 42.2 Å². The summed E-state index contributed by atoms with van der Waals surface area (Å²) in [6.07, 6.45) is 1.55. The number of aromatic nitrogens is 2. The van der Waals surface area contributed by atoms with E-state index >= 15 is 0 Å². The largest absolute Gasteiger partial charge is 0.457 e. The molecule has 24 heavy (non-hydrogen) atoms. The zero-order valence-corrected chi connectivity index (χ0v) is 14.5. The fourth-order valence-corrected chi connectivity index (χ4v) is 3.18. The van der Waals surface area contributed by atoms with Crippen molar-refractivity contribution in [1.29, 1.82) is 0 Å². The van der Waals surface area contributed by atoms with Gasteiger partial charge < -0.3 is 15.4 Å². The summed E-state index contributed by atoms with van der Waals surface area (Å²) in [6.45, 7) is 4.15. The second-order valence-corrected chi connectivity index (χ2v) is 6.54. The van der Waals surface area contributed by atoms with Crippen molar-refractivity contribution in [2.24, 2.45) is 0 Å². The monoisotopic (exact) mass is 342 g/mol. The Kier molecular flexibility index (Phi) is 4.61. The van der Waals surface area contributed by atoms with E-state index in [9.17, 15) is 4.79 Å². The van der Waals surface area contributed by atoms with Crippen LogP contribution >= 0.6 is 11.3 Å². The molecule has 3 aromatic rings. The summed E-state index contributed by atoms with van der Waals surface area (Å²) in [5.74, 6) is 1.01. The molecule has 6 nitrogen and oxygen atoms in total. The van der Waals surface area contributed by atoms with Gasteiger partial charge in [-0.15, -0.1) is 0 Å². The van der Waals surface area contributed by atoms with E-state index in [0.717, 1.165) is 15.3 Å². The zero-order valence-electron chi connectivity index (χ0n) is 13.7. The number of ether oxygens (including phenoxy) is 1. The van der Waals surface area contributed by atoms with Crippen molar-refractivity contribution in [3.63, 3.8) is 0 Å². The Bertz CT molecular complexity index is 876. The maximum absolute atomic E-state index is 11.6. The van der Waals surface area contributed by atoms with Crippen molar-refractivity contribution in [1.82, 2.24) is 15.3 Å². The van der Waals surface area contributed by atoms with Crippen LogP contribution in [0.2, 0.25) is 0 Å². The Balaban J connectivity index is 1.83. The lowest BCUT2D eigenvalue weighted by Gasteiger charge is -2.06. The number of hydrogen-bond donors (Lipinski definition) is 2. The molecule has 1 amide bonds. The Morgan fingerprint density at radius 3 is 2.75 bits per heavy atom. The van der Waals surface area contributed by atoms with Crippen LogP contribution in [0.4, 0.5) is 5.13 Å². The molecule has 3 rings (SSSR count). The van der Waals surface area contributed by atoms with Gasteiger partial charge in [-0.25, -0.2) is 4.98 Å². The lowest BCUT2D eigenvalue weighted by atomic mass is 10.3. The molecule has 2 N–H and O–H groups in total. The molecule has 0 fully saturated rings. The minimum Gasteiger partial charge on any atom is -0.457 e. The molecular weight excluding hydrogens is 324 g/mol. The van der Waals surface area contributed by atoms with Crippen molar-refractivity contribution < 1.29 is 9.53 Å². The molecule has 0 aliphatic heterocycles. The molecule has 124 valence electrons. The standard InChI is InChI=1S/C17H18N4O2S/c1-10(2)20-17-21-13-5-4-11(9-15(13)24-17)23-12-6-7-19-14(8-12)16(22)18-3/h4-10H,1-3H3,(H,18,22)(H,20,21). The Morgan fingerprint density at radius 2 is 2.00 bits per heavy atom. The van der Waals surface area contributed by atoms with Crippen LogP contribution in [0.15, 0.2) is 36.5 Å². The molecule has 0 radical (unpaired) electrons. The van der Waals surface area contributed by atoms with Gasteiger partial charge in [0.05, 0.1) is 10.2 Å². The molecule has 7 heteroatoms. The fourth-order valence-electron chi connectivity index (χ4n) is 2.14. The van der Waals surface area contributed by atoms with Crippen molar-refractivity contribution in [2.75, 3.05) is 12.4 Å². The van der Waals surface area contributed by atoms with Crippen LogP contribution in [0.3, 0.4) is 0 Å². The third-order valence-electron chi connectivity index (χ3n) is 3.20. The van der Waals surface area contributed by atoms with Crippen LogP contribution in [0.1, 0.15) is 24.3 Å². The topological polar surface area (TPSA) is 76.1 Å². The smallest absolute Gasteiger partial charge is 0.269 e. The Morgan fingerprint density at radius 1 is 1.21 bits per heavy atom. The van der Waals surface area contributed by atoms with Gasteiger partial charge in [0.25, 0.3) is 5.91 Å². The number of benzene rings is 1. The van der Waals surface area contributed by atoms with Crippen LogP contribution in [0.25, 0.3) is 10.2 Å². The molecule has 0 atom stereocenters. The quantitative estimate of drug-likeness (QED) is 0.740. The number of carbonyl (C=O) groups is 1. The highest BCUT2D eigenvalue weighted by Gasteiger charge is 2.09. The number of pyridine rings is 1. The lowest BCUT2D eigenvalue weighted by molar-refractivity contribution is 0.0958. The van der Waals surface area contributed by atoms with E-state index in [4.69, 9.17) is 4.74 Å². The van der Waals surface area contributed by atoms with E-state index in [1.165, 1.54) is 0 Å². The molecule has 2 aromatic heterocycles. The number of fused-ring (bicyclic) bond motifs is 1. The van der Waals surface area contributed by atoms with Crippen molar-refractivity contribution in [3.8, 4) is 11.5 Å². The molecular formula is C17H18N4O2S.